The molecule has 56 valence electrons. The van der Waals surface area contributed by atoms with Gasteiger partial charge in [-0.1, -0.05) is 12.6 Å². The van der Waals surface area contributed by atoms with Gasteiger partial charge in [-0.25, -0.2) is 4.98 Å². The lowest BCUT2D eigenvalue weighted by Gasteiger charge is -2.10. The van der Waals surface area contributed by atoms with Crippen molar-refractivity contribution in [2.45, 2.75) is 6.42 Å². The topological polar surface area (TPSA) is 16.1 Å². The van der Waals surface area contributed by atoms with Crippen LogP contribution in [0.25, 0.3) is 0 Å². The van der Waals surface area contributed by atoms with Gasteiger partial charge in [0.2, 0.25) is 0 Å². The van der Waals surface area contributed by atoms with Gasteiger partial charge in [0.25, 0.3) is 0 Å². The van der Waals surface area contributed by atoms with Crippen LogP contribution in [0.4, 0.5) is 5.82 Å². The third kappa shape index (κ3) is 0.909. The van der Waals surface area contributed by atoms with E-state index in [0.29, 0.717) is 0 Å². The molecule has 0 bridgehead atoms. The fourth-order valence-corrected chi connectivity index (χ4v) is 1.41. The molecule has 2 heteroatoms. The molecular formula is C9H10N2. The molecule has 0 radical (unpaired) electrons. The zero-order chi connectivity index (χ0) is 7.68. The molecule has 0 saturated carbocycles. The lowest BCUT2D eigenvalue weighted by atomic mass is 10.2. The Balaban J connectivity index is 2.46. The number of pyridine rings is 1. The van der Waals surface area contributed by atoms with E-state index in [4.69, 9.17) is 0 Å². The van der Waals surface area contributed by atoms with Gasteiger partial charge in [0, 0.05) is 12.7 Å². The first-order chi connectivity index (χ1) is 5.42. The molecule has 0 unspecified atom stereocenters. The number of rotatable bonds is 1. The highest BCUT2D eigenvalue weighted by Crippen LogP contribution is 2.24. The van der Waals surface area contributed by atoms with Crippen molar-refractivity contribution >= 4 is 5.82 Å². The molecule has 1 aromatic rings. The molecule has 0 N–H and O–H groups in total. The molecule has 0 aromatic carbocycles. The lowest BCUT2D eigenvalue weighted by Crippen LogP contribution is -2.11. The first kappa shape index (κ1) is 6.40. The maximum atomic E-state index is 4.27. The second-order valence-electron chi connectivity index (χ2n) is 2.61. The monoisotopic (exact) mass is 146 g/mol. The number of anilines is 1. The first-order valence-corrected chi connectivity index (χ1v) is 3.75. The average Bonchev–Trinajstić information content (AvgIpc) is 2.47. The Hall–Kier alpha value is -1.31. The van der Waals surface area contributed by atoms with Crippen molar-refractivity contribution in [2.75, 3.05) is 11.4 Å². The smallest absolute Gasteiger partial charge is 0.135 e. The van der Waals surface area contributed by atoms with Crippen molar-refractivity contribution < 1.29 is 0 Å². The Kier molecular flexibility index (Phi) is 1.39. The highest BCUT2D eigenvalue weighted by Gasteiger charge is 2.16. The van der Waals surface area contributed by atoms with Crippen LogP contribution in [-0.2, 0) is 6.42 Å². The van der Waals surface area contributed by atoms with Crippen molar-refractivity contribution in [3.63, 3.8) is 0 Å². The third-order valence-electron chi connectivity index (χ3n) is 1.98. The second-order valence-corrected chi connectivity index (χ2v) is 2.61. The number of fused-ring (bicyclic) bond motifs is 1. The van der Waals surface area contributed by atoms with E-state index in [1.165, 1.54) is 5.56 Å². The second kappa shape index (κ2) is 2.38. The van der Waals surface area contributed by atoms with Crippen molar-refractivity contribution in [3.8, 4) is 0 Å². The van der Waals surface area contributed by atoms with Crippen LogP contribution in [0, 0.1) is 0 Å². The highest BCUT2D eigenvalue weighted by molar-refractivity contribution is 5.53. The maximum absolute atomic E-state index is 4.27. The predicted octanol–water partition coefficient (Wildman–Crippen LogP) is 1.59. The van der Waals surface area contributed by atoms with Crippen LogP contribution in [-0.4, -0.2) is 11.5 Å². The lowest BCUT2D eigenvalue weighted by molar-refractivity contribution is 0.986. The van der Waals surface area contributed by atoms with E-state index in [9.17, 15) is 0 Å². The number of hydrogen-bond donors (Lipinski definition) is 0. The molecule has 1 aliphatic heterocycles. The van der Waals surface area contributed by atoms with Crippen LogP contribution in [0.5, 0.6) is 0 Å². The van der Waals surface area contributed by atoms with E-state index in [1.54, 1.807) is 0 Å². The molecule has 0 aliphatic carbocycles. The molecule has 2 nitrogen and oxygen atoms in total. The molecule has 0 atom stereocenters. The van der Waals surface area contributed by atoms with Crippen LogP contribution < -0.4 is 4.90 Å². The summed E-state index contributed by atoms with van der Waals surface area (Å²) < 4.78 is 0. The average molecular weight is 146 g/mol. The summed E-state index contributed by atoms with van der Waals surface area (Å²) in [6.07, 6.45) is 4.74. The number of nitrogens with zero attached hydrogens (tertiary/aromatic N) is 2. The van der Waals surface area contributed by atoms with Crippen LogP contribution in [0.2, 0.25) is 0 Å². The molecule has 0 spiro atoms. The van der Waals surface area contributed by atoms with Crippen LogP contribution >= 0.6 is 0 Å². The van der Waals surface area contributed by atoms with Crippen molar-refractivity contribution in [1.82, 2.24) is 4.98 Å². The van der Waals surface area contributed by atoms with E-state index >= 15 is 0 Å². The Morgan fingerprint density at radius 2 is 2.55 bits per heavy atom. The zero-order valence-electron chi connectivity index (χ0n) is 6.33. The Bertz CT molecular complexity index is 281. The molecule has 2 heterocycles. The largest absolute Gasteiger partial charge is 0.333 e. The summed E-state index contributed by atoms with van der Waals surface area (Å²) in [6, 6.07) is 4.09. The molecule has 0 fully saturated rings. The summed E-state index contributed by atoms with van der Waals surface area (Å²) in [5.41, 5.74) is 1.33. The Morgan fingerprint density at radius 1 is 1.64 bits per heavy atom. The fourth-order valence-electron chi connectivity index (χ4n) is 1.41. The predicted molar refractivity (Wildman–Crippen MR) is 45.5 cm³/mol. The van der Waals surface area contributed by atoms with E-state index in [1.807, 2.05) is 18.5 Å². The minimum atomic E-state index is 1.02. The molecule has 2 rings (SSSR count). The summed E-state index contributed by atoms with van der Waals surface area (Å²) in [7, 11) is 0. The van der Waals surface area contributed by atoms with E-state index in [-0.39, 0.29) is 0 Å². The van der Waals surface area contributed by atoms with Crippen molar-refractivity contribution in [3.05, 3.63) is 36.7 Å². The molecule has 0 saturated heterocycles. The normalized spacial score (nSPS) is 14.7. The molecule has 1 aliphatic rings. The van der Waals surface area contributed by atoms with Gasteiger partial charge in [0.05, 0.1) is 0 Å². The fraction of sp³-hybridized carbons (Fsp3) is 0.222. The summed E-state index contributed by atoms with van der Waals surface area (Å²) in [5, 5.41) is 0. The van der Waals surface area contributed by atoms with Gasteiger partial charge in [-0.3, -0.25) is 0 Å². The summed E-state index contributed by atoms with van der Waals surface area (Å²) in [6.45, 7) is 4.75. The Morgan fingerprint density at radius 3 is 3.36 bits per heavy atom. The van der Waals surface area contributed by atoms with E-state index < -0.39 is 0 Å². The molecule has 11 heavy (non-hydrogen) atoms. The van der Waals surface area contributed by atoms with E-state index in [2.05, 4.69) is 22.5 Å². The molecule has 1 aromatic heterocycles. The van der Waals surface area contributed by atoms with Gasteiger partial charge in [-0.15, -0.1) is 0 Å². The Labute approximate surface area is 66.2 Å². The van der Waals surface area contributed by atoms with Crippen LogP contribution in [0.1, 0.15) is 5.56 Å². The minimum absolute atomic E-state index is 1.02. The third-order valence-corrected chi connectivity index (χ3v) is 1.98. The van der Waals surface area contributed by atoms with Gasteiger partial charge in [0.1, 0.15) is 5.82 Å². The van der Waals surface area contributed by atoms with Gasteiger partial charge < -0.3 is 4.90 Å². The first-order valence-electron chi connectivity index (χ1n) is 3.75. The standard InChI is InChI=1S/C9H10N2/c1-2-11-7-5-8-4-3-6-10-9(8)11/h2-4,6H,1,5,7H2. The zero-order valence-corrected chi connectivity index (χ0v) is 6.33. The SMILES string of the molecule is C=CN1CCc2cccnc21. The number of hydrogen-bond acceptors (Lipinski definition) is 2. The van der Waals surface area contributed by atoms with Gasteiger partial charge in [-0.05, 0) is 24.3 Å². The van der Waals surface area contributed by atoms with Crippen LogP contribution in [0.3, 0.4) is 0 Å². The van der Waals surface area contributed by atoms with Crippen molar-refractivity contribution in [2.24, 2.45) is 0 Å². The van der Waals surface area contributed by atoms with Gasteiger partial charge in [-0.2, -0.15) is 0 Å². The highest BCUT2D eigenvalue weighted by atomic mass is 15.2. The quantitative estimate of drug-likeness (QED) is 0.598. The number of aromatic nitrogens is 1. The van der Waals surface area contributed by atoms with Gasteiger partial charge in [0.15, 0.2) is 0 Å². The summed E-state index contributed by atoms with van der Waals surface area (Å²) in [4.78, 5) is 6.34. The summed E-state index contributed by atoms with van der Waals surface area (Å²) >= 11 is 0. The molecule has 0 amide bonds. The minimum Gasteiger partial charge on any atom is -0.333 e. The van der Waals surface area contributed by atoms with Crippen LogP contribution in [0.15, 0.2) is 31.1 Å². The van der Waals surface area contributed by atoms with Gasteiger partial charge >= 0.3 is 0 Å². The summed E-state index contributed by atoms with van der Waals surface area (Å²) in [5.74, 6) is 1.07. The van der Waals surface area contributed by atoms with Crippen molar-refractivity contribution in [1.29, 1.82) is 0 Å². The molecular weight excluding hydrogens is 136 g/mol. The van der Waals surface area contributed by atoms with E-state index in [0.717, 1.165) is 18.8 Å². The maximum Gasteiger partial charge on any atom is 0.135 e.